The van der Waals surface area contributed by atoms with Crippen molar-refractivity contribution in [3.8, 4) is 0 Å². The zero-order valence-corrected chi connectivity index (χ0v) is 9.59. The van der Waals surface area contributed by atoms with Crippen LogP contribution in [0.3, 0.4) is 0 Å². The lowest BCUT2D eigenvalue weighted by molar-refractivity contribution is 1.19. The molecule has 0 aliphatic rings. The molecule has 0 heterocycles. The first kappa shape index (κ1) is 10.5. The second kappa shape index (κ2) is 4.69. The molecule has 0 atom stereocenters. The minimum Gasteiger partial charge on any atom is -0.0827 e. The van der Waals surface area contributed by atoms with E-state index in [1.165, 1.54) is 11.1 Å². The Morgan fingerprint density at radius 2 is 1.47 bits per heavy atom. The highest BCUT2D eigenvalue weighted by atomic mass is 35.5. The van der Waals surface area contributed by atoms with Gasteiger partial charge in [-0.05, 0) is 29.7 Å². The molecule has 0 N–H and O–H groups in total. The van der Waals surface area contributed by atoms with Crippen molar-refractivity contribution in [1.82, 2.24) is 0 Å². The Bertz CT molecular complexity index is 449. The van der Waals surface area contributed by atoms with Gasteiger partial charge in [0.05, 0.1) is 10.0 Å². The first-order chi connectivity index (χ1) is 7.25. The van der Waals surface area contributed by atoms with Crippen LogP contribution in [0.15, 0.2) is 48.5 Å². The smallest absolute Gasteiger partial charge is 0.0595 e. The number of hydrogen-bond acceptors (Lipinski definition) is 0. The van der Waals surface area contributed by atoms with Crippen LogP contribution in [0, 0.1) is 0 Å². The maximum Gasteiger partial charge on any atom is 0.0595 e. The number of benzene rings is 2. The van der Waals surface area contributed by atoms with E-state index in [9.17, 15) is 0 Å². The highest BCUT2D eigenvalue weighted by Gasteiger charge is 2.00. The fraction of sp³-hybridized carbons (Fsp3) is 0.0769. The van der Waals surface area contributed by atoms with Crippen molar-refractivity contribution in [3.05, 3.63) is 69.7 Å². The summed E-state index contributed by atoms with van der Waals surface area (Å²) in [6.07, 6.45) is 0.887. The summed E-state index contributed by atoms with van der Waals surface area (Å²) in [6.45, 7) is 0. The van der Waals surface area contributed by atoms with Crippen molar-refractivity contribution < 1.29 is 0 Å². The third-order valence-electron chi connectivity index (χ3n) is 2.24. The minimum atomic E-state index is 0.605. The molecule has 76 valence electrons. The molecule has 0 nitrogen and oxygen atoms in total. The summed E-state index contributed by atoms with van der Waals surface area (Å²) >= 11 is 11.8. The molecule has 15 heavy (non-hydrogen) atoms. The van der Waals surface area contributed by atoms with E-state index in [0.29, 0.717) is 10.0 Å². The van der Waals surface area contributed by atoms with Crippen LogP contribution < -0.4 is 0 Å². The third-order valence-corrected chi connectivity index (χ3v) is 2.97. The lowest BCUT2D eigenvalue weighted by Crippen LogP contribution is -1.87. The molecule has 0 amide bonds. The predicted octanol–water partition coefficient (Wildman–Crippen LogP) is 4.58. The molecule has 0 aromatic heterocycles. The first-order valence-electron chi connectivity index (χ1n) is 4.73. The van der Waals surface area contributed by atoms with Gasteiger partial charge >= 0.3 is 0 Å². The molecule has 0 saturated carbocycles. The molecular formula is C13H10Cl2. The average Bonchev–Trinajstić information content (AvgIpc) is 2.25. The third kappa shape index (κ3) is 2.74. The number of halogens is 2. The lowest BCUT2D eigenvalue weighted by atomic mass is 10.1. The highest BCUT2D eigenvalue weighted by Crippen LogP contribution is 2.23. The van der Waals surface area contributed by atoms with E-state index < -0.39 is 0 Å². The van der Waals surface area contributed by atoms with Crippen molar-refractivity contribution >= 4 is 23.2 Å². The normalized spacial score (nSPS) is 10.3. The largest absolute Gasteiger partial charge is 0.0827 e. The van der Waals surface area contributed by atoms with Gasteiger partial charge in [0.2, 0.25) is 0 Å². The van der Waals surface area contributed by atoms with Crippen molar-refractivity contribution in [2.75, 3.05) is 0 Å². The van der Waals surface area contributed by atoms with Gasteiger partial charge in [-0.3, -0.25) is 0 Å². The van der Waals surface area contributed by atoms with E-state index in [1.54, 1.807) is 0 Å². The SMILES string of the molecule is Clc1ccc(Cc2ccccc2)cc1Cl. The summed E-state index contributed by atoms with van der Waals surface area (Å²) in [5, 5.41) is 1.22. The Kier molecular flexibility index (Phi) is 3.30. The van der Waals surface area contributed by atoms with Gasteiger partial charge in [0.15, 0.2) is 0 Å². The van der Waals surface area contributed by atoms with E-state index in [-0.39, 0.29) is 0 Å². The number of rotatable bonds is 2. The van der Waals surface area contributed by atoms with Crippen molar-refractivity contribution in [2.24, 2.45) is 0 Å². The van der Waals surface area contributed by atoms with E-state index in [1.807, 2.05) is 36.4 Å². The summed E-state index contributed by atoms with van der Waals surface area (Å²) in [7, 11) is 0. The van der Waals surface area contributed by atoms with Gasteiger partial charge in [-0.25, -0.2) is 0 Å². The molecule has 2 rings (SSSR count). The molecule has 0 fully saturated rings. The van der Waals surface area contributed by atoms with Crippen molar-refractivity contribution in [3.63, 3.8) is 0 Å². The van der Waals surface area contributed by atoms with Gasteiger partial charge in [-0.15, -0.1) is 0 Å². The zero-order valence-electron chi connectivity index (χ0n) is 8.08. The van der Waals surface area contributed by atoms with Crippen molar-refractivity contribution in [2.45, 2.75) is 6.42 Å². The summed E-state index contributed by atoms with van der Waals surface area (Å²) < 4.78 is 0. The molecule has 0 unspecified atom stereocenters. The minimum absolute atomic E-state index is 0.605. The predicted molar refractivity (Wildman–Crippen MR) is 65.7 cm³/mol. The Morgan fingerprint density at radius 1 is 0.733 bits per heavy atom. The quantitative estimate of drug-likeness (QED) is 0.716. The van der Waals surface area contributed by atoms with Crippen LogP contribution >= 0.6 is 23.2 Å². The van der Waals surface area contributed by atoms with Crippen LogP contribution in [0.5, 0.6) is 0 Å². The number of hydrogen-bond donors (Lipinski definition) is 0. The van der Waals surface area contributed by atoms with E-state index in [0.717, 1.165) is 6.42 Å². The molecule has 0 bridgehead atoms. The Labute approximate surface area is 99.5 Å². The highest BCUT2D eigenvalue weighted by molar-refractivity contribution is 6.42. The van der Waals surface area contributed by atoms with Crippen molar-refractivity contribution in [1.29, 1.82) is 0 Å². The first-order valence-corrected chi connectivity index (χ1v) is 5.49. The van der Waals surface area contributed by atoms with Crippen LogP contribution in [0.2, 0.25) is 10.0 Å². The Hall–Kier alpha value is -0.980. The standard InChI is InChI=1S/C13H10Cl2/c14-12-7-6-11(9-13(12)15)8-10-4-2-1-3-5-10/h1-7,9H,8H2. The van der Waals surface area contributed by atoms with Gasteiger partial charge in [-0.2, -0.15) is 0 Å². The molecule has 0 aliphatic carbocycles. The topological polar surface area (TPSA) is 0 Å². The molecule has 2 aromatic rings. The van der Waals surface area contributed by atoms with E-state index in [2.05, 4.69) is 12.1 Å². The summed E-state index contributed by atoms with van der Waals surface area (Å²) in [5.74, 6) is 0. The fourth-order valence-corrected chi connectivity index (χ4v) is 1.80. The molecule has 2 aromatic carbocycles. The maximum absolute atomic E-state index is 5.95. The zero-order chi connectivity index (χ0) is 10.7. The van der Waals surface area contributed by atoms with Gasteiger partial charge in [0.25, 0.3) is 0 Å². The molecular weight excluding hydrogens is 227 g/mol. The Morgan fingerprint density at radius 3 is 2.13 bits per heavy atom. The Balaban J connectivity index is 2.22. The maximum atomic E-state index is 5.95. The van der Waals surface area contributed by atoms with Crippen LogP contribution in [0.1, 0.15) is 11.1 Å². The molecule has 2 heteroatoms. The molecule has 0 radical (unpaired) electrons. The monoisotopic (exact) mass is 236 g/mol. The van der Waals surface area contributed by atoms with Gasteiger partial charge < -0.3 is 0 Å². The second-order valence-electron chi connectivity index (χ2n) is 3.41. The van der Waals surface area contributed by atoms with Gasteiger partial charge in [0, 0.05) is 0 Å². The van der Waals surface area contributed by atoms with Crippen LogP contribution in [0.4, 0.5) is 0 Å². The summed E-state index contributed by atoms with van der Waals surface area (Å²) in [6, 6.07) is 16.0. The van der Waals surface area contributed by atoms with Crippen LogP contribution in [0.25, 0.3) is 0 Å². The van der Waals surface area contributed by atoms with E-state index >= 15 is 0 Å². The fourth-order valence-electron chi connectivity index (χ4n) is 1.48. The molecule has 0 spiro atoms. The lowest BCUT2D eigenvalue weighted by Gasteiger charge is -2.03. The summed E-state index contributed by atoms with van der Waals surface area (Å²) in [4.78, 5) is 0. The molecule has 0 saturated heterocycles. The van der Waals surface area contributed by atoms with Gasteiger partial charge in [-0.1, -0.05) is 59.6 Å². The molecule has 0 aliphatic heterocycles. The van der Waals surface area contributed by atoms with Gasteiger partial charge in [0.1, 0.15) is 0 Å². The second-order valence-corrected chi connectivity index (χ2v) is 4.23. The summed E-state index contributed by atoms with van der Waals surface area (Å²) in [5.41, 5.74) is 2.45. The van der Waals surface area contributed by atoms with Crippen LogP contribution in [-0.4, -0.2) is 0 Å². The average molecular weight is 237 g/mol. The van der Waals surface area contributed by atoms with Crippen LogP contribution in [-0.2, 0) is 6.42 Å². The van der Waals surface area contributed by atoms with E-state index in [4.69, 9.17) is 23.2 Å².